The molecule has 7 heteroatoms. The number of carbonyl (C=O) groups is 2. The van der Waals surface area contributed by atoms with Gasteiger partial charge in [0.1, 0.15) is 12.2 Å². The molecule has 1 aromatic carbocycles. The van der Waals surface area contributed by atoms with Gasteiger partial charge < -0.3 is 24.8 Å². The predicted molar refractivity (Wildman–Crippen MR) is 96.6 cm³/mol. The molecule has 1 heterocycles. The highest BCUT2D eigenvalue weighted by Gasteiger charge is 2.46. The number of carbonyl (C=O) groups excluding carboxylic acids is 2. The lowest BCUT2D eigenvalue weighted by atomic mass is 9.77. The van der Waals surface area contributed by atoms with Crippen LogP contribution in [0.1, 0.15) is 32.8 Å². The molecule has 2 N–H and O–H groups in total. The zero-order chi connectivity index (χ0) is 19.2. The topological polar surface area (TPSA) is 88.1 Å². The number of alkyl carbamates (subject to hydrolysis) is 1. The highest BCUT2D eigenvalue weighted by atomic mass is 16.6. The van der Waals surface area contributed by atoms with Gasteiger partial charge in [0.15, 0.2) is 0 Å². The summed E-state index contributed by atoms with van der Waals surface area (Å²) in [5.41, 5.74) is 0.0101. The largest absolute Gasteiger partial charge is 0.445 e. The molecule has 0 aromatic heterocycles. The van der Waals surface area contributed by atoms with Crippen molar-refractivity contribution >= 4 is 12.2 Å². The van der Waals surface area contributed by atoms with Gasteiger partial charge in [0, 0.05) is 31.7 Å². The second-order valence-corrected chi connectivity index (χ2v) is 7.73. The fraction of sp³-hybridized carbons (Fsp3) is 0.579. The summed E-state index contributed by atoms with van der Waals surface area (Å²) in [6.45, 7) is 6.83. The van der Waals surface area contributed by atoms with Crippen LogP contribution >= 0.6 is 0 Å². The molecule has 7 nitrogen and oxygen atoms in total. The van der Waals surface area contributed by atoms with Gasteiger partial charge >= 0.3 is 12.2 Å². The number of nitrogens with zero attached hydrogens (tertiary/aromatic N) is 1. The van der Waals surface area contributed by atoms with Gasteiger partial charge in [-0.3, -0.25) is 0 Å². The molecule has 0 saturated carbocycles. The fourth-order valence-electron chi connectivity index (χ4n) is 2.85. The minimum absolute atomic E-state index is 0.0110. The van der Waals surface area contributed by atoms with E-state index in [-0.39, 0.29) is 24.7 Å². The highest BCUT2D eigenvalue weighted by Crippen LogP contribution is 2.34. The van der Waals surface area contributed by atoms with E-state index in [1.807, 2.05) is 51.1 Å². The smallest absolute Gasteiger partial charge is 0.410 e. The molecule has 0 atom stereocenters. The van der Waals surface area contributed by atoms with E-state index in [4.69, 9.17) is 9.47 Å². The van der Waals surface area contributed by atoms with Crippen molar-refractivity contribution in [3.8, 4) is 0 Å². The van der Waals surface area contributed by atoms with Gasteiger partial charge in [0.05, 0.1) is 0 Å². The Labute approximate surface area is 154 Å². The molecule has 0 bridgehead atoms. The Kier molecular flexibility index (Phi) is 6.47. The number of hydrogen-bond donors (Lipinski definition) is 2. The van der Waals surface area contributed by atoms with Crippen LogP contribution in [-0.2, 0) is 16.1 Å². The van der Waals surface area contributed by atoms with Gasteiger partial charge in [-0.25, -0.2) is 9.59 Å². The molecule has 1 fully saturated rings. The number of hydrogen-bond acceptors (Lipinski definition) is 5. The Morgan fingerprint density at radius 3 is 2.46 bits per heavy atom. The third kappa shape index (κ3) is 5.91. The van der Waals surface area contributed by atoms with Gasteiger partial charge in [-0.05, 0) is 32.8 Å². The van der Waals surface area contributed by atoms with E-state index in [2.05, 4.69) is 5.32 Å². The van der Waals surface area contributed by atoms with E-state index < -0.39 is 11.7 Å². The van der Waals surface area contributed by atoms with Crippen molar-refractivity contribution in [2.75, 3.05) is 26.2 Å². The van der Waals surface area contributed by atoms with Crippen molar-refractivity contribution < 1.29 is 24.2 Å². The zero-order valence-electron chi connectivity index (χ0n) is 15.7. The summed E-state index contributed by atoms with van der Waals surface area (Å²) in [7, 11) is 0. The summed E-state index contributed by atoms with van der Waals surface area (Å²) in [4.78, 5) is 25.6. The fourth-order valence-corrected chi connectivity index (χ4v) is 2.85. The highest BCUT2D eigenvalue weighted by molar-refractivity contribution is 5.70. The second-order valence-electron chi connectivity index (χ2n) is 7.73. The third-order valence-corrected chi connectivity index (χ3v) is 4.17. The molecule has 1 aromatic rings. The number of rotatable bonds is 6. The summed E-state index contributed by atoms with van der Waals surface area (Å²) >= 11 is 0. The third-order valence-electron chi connectivity index (χ3n) is 4.17. The summed E-state index contributed by atoms with van der Waals surface area (Å²) in [5.74, 6) is 0. The average molecular weight is 364 g/mol. The van der Waals surface area contributed by atoms with Crippen LogP contribution in [0.3, 0.4) is 0 Å². The number of benzene rings is 1. The molecule has 144 valence electrons. The zero-order valence-corrected chi connectivity index (χ0v) is 15.7. The molecule has 1 aliphatic heterocycles. The van der Waals surface area contributed by atoms with E-state index in [0.717, 1.165) is 5.56 Å². The Morgan fingerprint density at radius 2 is 1.88 bits per heavy atom. The molecule has 0 spiro atoms. The number of amides is 2. The van der Waals surface area contributed by atoms with Crippen molar-refractivity contribution in [3.05, 3.63) is 35.9 Å². The van der Waals surface area contributed by atoms with E-state index in [1.54, 1.807) is 4.90 Å². The lowest BCUT2D eigenvalue weighted by molar-refractivity contribution is -0.0417. The molecule has 0 unspecified atom stereocenters. The van der Waals surface area contributed by atoms with E-state index >= 15 is 0 Å². The molecule has 2 rings (SSSR count). The van der Waals surface area contributed by atoms with Gasteiger partial charge in [-0.15, -0.1) is 0 Å². The molecule has 1 aliphatic rings. The first-order valence-electron chi connectivity index (χ1n) is 8.76. The first-order chi connectivity index (χ1) is 12.2. The lowest BCUT2D eigenvalue weighted by Crippen LogP contribution is -2.63. The van der Waals surface area contributed by atoms with Crippen LogP contribution in [0.5, 0.6) is 0 Å². The Hall–Kier alpha value is -2.28. The summed E-state index contributed by atoms with van der Waals surface area (Å²) in [6, 6.07) is 9.42. The normalized spacial score (nSPS) is 15.8. The molecular weight excluding hydrogens is 336 g/mol. The van der Waals surface area contributed by atoms with E-state index in [0.29, 0.717) is 26.1 Å². The average Bonchev–Trinajstić information content (AvgIpc) is 2.54. The minimum atomic E-state index is -0.550. The molecule has 1 saturated heterocycles. The van der Waals surface area contributed by atoms with Gasteiger partial charge in [0.25, 0.3) is 0 Å². The summed E-state index contributed by atoms with van der Waals surface area (Å²) < 4.78 is 10.5. The maximum atomic E-state index is 12.1. The quantitative estimate of drug-likeness (QED) is 0.810. The van der Waals surface area contributed by atoms with E-state index in [9.17, 15) is 14.7 Å². The van der Waals surface area contributed by atoms with Crippen LogP contribution in [0.4, 0.5) is 9.59 Å². The molecule has 26 heavy (non-hydrogen) atoms. The van der Waals surface area contributed by atoms with E-state index in [1.165, 1.54) is 0 Å². The van der Waals surface area contributed by atoms with Gasteiger partial charge in [-0.2, -0.15) is 0 Å². The maximum Gasteiger partial charge on any atom is 0.410 e. The van der Waals surface area contributed by atoms with Crippen molar-refractivity contribution in [1.82, 2.24) is 10.2 Å². The van der Waals surface area contributed by atoms with Crippen LogP contribution in [0, 0.1) is 5.41 Å². The van der Waals surface area contributed by atoms with Gasteiger partial charge in [0.2, 0.25) is 0 Å². The number of aliphatic hydroxyl groups excluding tert-OH is 1. The van der Waals surface area contributed by atoms with Crippen LogP contribution in [-0.4, -0.2) is 54.0 Å². The van der Waals surface area contributed by atoms with Crippen LogP contribution < -0.4 is 5.32 Å². The van der Waals surface area contributed by atoms with Gasteiger partial charge in [-0.1, -0.05) is 30.3 Å². The number of aliphatic hydroxyl groups is 1. The maximum absolute atomic E-state index is 12.1. The molecule has 0 aliphatic carbocycles. The molecule has 0 radical (unpaired) electrons. The number of ether oxygens (including phenoxy) is 2. The lowest BCUT2D eigenvalue weighted by Gasteiger charge is -2.49. The summed E-state index contributed by atoms with van der Waals surface area (Å²) in [6.07, 6.45) is -0.398. The monoisotopic (exact) mass is 364 g/mol. The standard InChI is InChI=1S/C19H28N2O5/c1-18(2,3)26-17(24)21-13-19(14-21,9-10-22)12-20-16(23)25-11-15-7-5-4-6-8-15/h4-8,22H,9-14H2,1-3H3,(H,20,23). The Bertz CT molecular complexity index is 606. The number of likely N-dealkylation sites (tertiary alicyclic amines) is 1. The predicted octanol–water partition coefficient (Wildman–Crippen LogP) is 2.53. The SMILES string of the molecule is CC(C)(C)OC(=O)N1CC(CCO)(CNC(=O)OCc2ccccc2)C1. The van der Waals surface area contributed by atoms with Crippen molar-refractivity contribution in [2.24, 2.45) is 5.41 Å². The van der Waals surface area contributed by atoms with Crippen molar-refractivity contribution in [3.63, 3.8) is 0 Å². The Morgan fingerprint density at radius 1 is 1.23 bits per heavy atom. The molecular formula is C19H28N2O5. The molecule has 2 amide bonds. The first kappa shape index (κ1) is 20.0. The van der Waals surface area contributed by atoms with Crippen LogP contribution in [0.15, 0.2) is 30.3 Å². The summed E-state index contributed by atoms with van der Waals surface area (Å²) in [5, 5.41) is 12.1. The number of nitrogens with one attached hydrogen (secondary N) is 1. The second kappa shape index (κ2) is 8.40. The van der Waals surface area contributed by atoms with Crippen LogP contribution in [0.25, 0.3) is 0 Å². The Balaban J connectivity index is 1.78. The van der Waals surface area contributed by atoms with Crippen molar-refractivity contribution in [1.29, 1.82) is 0 Å². The minimum Gasteiger partial charge on any atom is -0.445 e. The van der Waals surface area contributed by atoms with Crippen molar-refractivity contribution in [2.45, 2.75) is 39.4 Å². The first-order valence-corrected chi connectivity index (χ1v) is 8.76. The van der Waals surface area contributed by atoms with Crippen LogP contribution in [0.2, 0.25) is 0 Å².